The van der Waals surface area contributed by atoms with E-state index in [0.29, 0.717) is 11.3 Å². The molecule has 0 aromatic heterocycles. The van der Waals surface area contributed by atoms with E-state index in [0.717, 1.165) is 18.2 Å². The van der Waals surface area contributed by atoms with E-state index < -0.39 is 17.6 Å². The second-order valence-electron chi connectivity index (χ2n) is 4.40. The number of benzene rings is 2. The largest absolute Gasteiger partial charge is 0.416 e. The van der Waals surface area contributed by atoms with Gasteiger partial charge in [0.15, 0.2) is 0 Å². The summed E-state index contributed by atoms with van der Waals surface area (Å²) in [6.07, 6.45) is -4.37. The summed E-state index contributed by atoms with van der Waals surface area (Å²) < 4.78 is 50.6. The fraction of sp³-hybridized carbons (Fsp3) is 0.143. The second-order valence-corrected chi connectivity index (χ2v) is 4.81. The molecule has 0 radical (unpaired) electrons. The first kappa shape index (κ1) is 15.4. The lowest BCUT2D eigenvalue weighted by molar-refractivity contribution is -0.137. The van der Waals surface area contributed by atoms with Crippen LogP contribution < -0.4 is 11.1 Å². The Bertz CT molecular complexity index is 639. The van der Waals surface area contributed by atoms with Gasteiger partial charge in [-0.25, -0.2) is 4.39 Å². The molecule has 0 saturated carbocycles. The number of alkyl halides is 3. The lowest BCUT2D eigenvalue weighted by Gasteiger charge is -2.11. The number of nitrogens with one attached hydrogen (secondary N) is 1. The maximum atomic E-state index is 13.3. The molecule has 0 aliphatic carbocycles. The van der Waals surface area contributed by atoms with Gasteiger partial charge in [0.05, 0.1) is 22.0 Å². The van der Waals surface area contributed by atoms with Gasteiger partial charge in [-0.05, 0) is 23.8 Å². The molecule has 112 valence electrons. The van der Waals surface area contributed by atoms with Crippen molar-refractivity contribution in [3.05, 3.63) is 58.4 Å². The summed E-state index contributed by atoms with van der Waals surface area (Å²) in [7, 11) is 0. The average molecular weight is 319 g/mol. The first-order valence-electron chi connectivity index (χ1n) is 5.92. The standard InChI is InChI=1S/C14H11ClF4N2/c15-10-5-12(20)13(6-11(10)16)21-7-8-1-3-9(4-2-8)14(17,18)19/h1-6,21H,7,20H2. The van der Waals surface area contributed by atoms with Gasteiger partial charge in [0, 0.05) is 12.6 Å². The van der Waals surface area contributed by atoms with Crippen LogP contribution in [0.3, 0.4) is 0 Å². The van der Waals surface area contributed by atoms with Crippen molar-refractivity contribution in [3.8, 4) is 0 Å². The Hall–Kier alpha value is -1.95. The molecule has 0 spiro atoms. The van der Waals surface area contributed by atoms with E-state index >= 15 is 0 Å². The first-order chi connectivity index (χ1) is 9.77. The normalized spacial score (nSPS) is 11.5. The van der Waals surface area contributed by atoms with E-state index in [4.69, 9.17) is 17.3 Å². The Morgan fingerprint density at radius 2 is 1.71 bits per heavy atom. The third kappa shape index (κ3) is 3.78. The van der Waals surface area contributed by atoms with Gasteiger partial charge < -0.3 is 11.1 Å². The van der Waals surface area contributed by atoms with Crippen molar-refractivity contribution in [2.45, 2.75) is 12.7 Å². The smallest absolute Gasteiger partial charge is 0.397 e. The van der Waals surface area contributed by atoms with Crippen molar-refractivity contribution in [1.82, 2.24) is 0 Å². The Labute approximate surface area is 123 Å². The monoisotopic (exact) mass is 318 g/mol. The molecule has 2 rings (SSSR count). The Morgan fingerprint density at radius 3 is 2.29 bits per heavy atom. The molecule has 0 amide bonds. The van der Waals surface area contributed by atoms with Crippen LogP contribution in [0.5, 0.6) is 0 Å². The SMILES string of the molecule is Nc1cc(Cl)c(F)cc1NCc1ccc(C(F)(F)F)cc1. The number of halogens is 5. The summed E-state index contributed by atoms with van der Waals surface area (Å²) >= 11 is 5.57. The highest BCUT2D eigenvalue weighted by Crippen LogP contribution is 2.30. The fourth-order valence-electron chi connectivity index (χ4n) is 1.72. The van der Waals surface area contributed by atoms with Gasteiger partial charge in [0.2, 0.25) is 0 Å². The van der Waals surface area contributed by atoms with Gasteiger partial charge >= 0.3 is 6.18 Å². The maximum Gasteiger partial charge on any atom is 0.416 e. The molecular formula is C14H11ClF4N2. The highest BCUT2D eigenvalue weighted by molar-refractivity contribution is 6.31. The third-order valence-corrected chi connectivity index (χ3v) is 3.15. The van der Waals surface area contributed by atoms with Gasteiger partial charge in [-0.1, -0.05) is 23.7 Å². The number of nitrogens with two attached hydrogens (primary N) is 1. The summed E-state index contributed by atoms with van der Waals surface area (Å²) in [4.78, 5) is 0. The van der Waals surface area contributed by atoms with E-state index in [1.54, 1.807) is 0 Å². The number of hydrogen-bond acceptors (Lipinski definition) is 2. The molecule has 0 unspecified atom stereocenters. The molecule has 3 N–H and O–H groups in total. The van der Waals surface area contributed by atoms with Crippen molar-refractivity contribution in [2.24, 2.45) is 0 Å². The van der Waals surface area contributed by atoms with Crippen LogP contribution in [0, 0.1) is 5.82 Å². The molecule has 0 fully saturated rings. The highest BCUT2D eigenvalue weighted by Gasteiger charge is 2.29. The maximum absolute atomic E-state index is 13.3. The molecule has 0 heterocycles. The molecule has 2 aromatic carbocycles. The second kappa shape index (κ2) is 5.81. The molecule has 21 heavy (non-hydrogen) atoms. The minimum Gasteiger partial charge on any atom is -0.397 e. The third-order valence-electron chi connectivity index (χ3n) is 2.86. The molecule has 0 bridgehead atoms. The number of rotatable bonds is 3. The minimum atomic E-state index is -4.37. The average Bonchev–Trinajstić information content (AvgIpc) is 2.41. The van der Waals surface area contributed by atoms with Crippen LogP contribution in [0.2, 0.25) is 5.02 Å². The summed E-state index contributed by atoms with van der Waals surface area (Å²) in [6.45, 7) is 0.212. The van der Waals surface area contributed by atoms with Crippen LogP contribution >= 0.6 is 11.6 Å². The zero-order valence-corrected chi connectivity index (χ0v) is 11.4. The van der Waals surface area contributed by atoms with Crippen LogP contribution in [0.15, 0.2) is 36.4 Å². The Kier molecular flexibility index (Phi) is 4.27. The highest BCUT2D eigenvalue weighted by atomic mass is 35.5. The van der Waals surface area contributed by atoms with Crippen LogP contribution in [-0.2, 0) is 12.7 Å². The van der Waals surface area contributed by atoms with Gasteiger partial charge in [0.1, 0.15) is 5.82 Å². The molecule has 0 saturated heterocycles. The predicted molar refractivity (Wildman–Crippen MR) is 74.6 cm³/mol. The Morgan fingerprint density at radius 1 is 1.10 bits per heavy atom. The molecule has 7 heteroatoms. The van der Waals surface area contributed by atoms with Gasteiger partial charge in [-0.15, -0.1) is 0 Å². The summed E-state index contributed by atoms with van der Waals surface area (Å²) in [6, 6.07) is 7.08. The molecule has 2 nitrogen and oxygen atoms in total. The van der Waals surface area contributed by atoms with Crippen LogP contribution in [0.25, 0.3) is 0 Å². The van der Waals surface area contributed by atoms with Crippen molar-refractivity contribution >= 4 is 23.0 Å². The first-order valence-corrected chi connectivity index (χ1v) is 6.29. The van der Waals surface area contributed by atoms with E-state index in [1.165, 1.54) is 18.2 Å². The molecule has 2 aromatic rings. The minimum absolute atomic E-state index is 0.0902. The van der Waals surface area contributed by atoms with Gasteiger partial charge in [0.25, 0.3) is 0 Å². The topological polar surface area (TPSA) is 38.0 Å². The van der Waals surface area contributed by atoms with E-state index in [2.05, 4.69) is 5.32 Å². The molecular weight excluding hydrogens is 308 g/mol. The van der Waals surface area contributed by atoms with Crippen LogP contribution in [0.4, 0.5) is 28.9 Å². The quantitative estimate of drug-likeness (QED) is 0.636. The summed E-state index contributed by atoms with van der Waals surface area (Å²) in [5, 5.41) is 2.76. The summed E-state index contributed by atoms with van der Waals surface area (Å²) in [5.41, 5.74) is 6.15. The van der Waals surface area contributed by atoms with E-state index in [1.807, 2.05) is 0 Å². The number of anilines is 2. The molecule has 0 aliphatic heterocycles. The van der Waals surface area contributed by atoms with Crippen molar-refractivity contribution < 1.29 is 17.6 Å². The van der Waals surface area contributed by atoms with Crippen LogP contribution in [0.1, 0.15) is 11.1 Å². The van der Waals surface area contributed by atoms with Crippen molar-refractivity contribution in [1.29, 1.82) is 0 Å². The predicted octanol–water partition coefficient (Wildman–Crippen LogP) is 4.69. The van der Waals surface area contributed by atoms with E-state index in [9.17, 15) is 17.6 Å². The summed E-state index contributed by atoms with van der Waals surface area (Å²) in [5.74, 6) is -0.624. The fourth-order valence-corrected chi connectivity index (χ4v) is 1.90. The van der Waals surface area contributed by atoms with Gasteiger partial charge in [-0.2, -0.15) is 13.2 Å². The van der Waals surface area contributed by atoms with Crippen LogP contribution in [-0.4, -0.2) is 0 Å². The lowest BCUT2D eigenvalue weighted by atomic mass is 10.1. The Balaban J connectivity index is 2.08. The number of nitrogen functional groups attached to an aromatic ring is 1. The lowest BCUT2D eigenvalue weighted by Crippen LogP contribution is -2.06. The molecule has 0 atom stereocenters. The molecule has 0 aliphatic rings. The zero-order chi connectivity index (χ0) is 15.6. The van der Waals surface area contributed by atoms with E-state index in [-0.39, 0.29) is 17.3 Å². The number of hydrogen-bond donors (Lipinski definition) is 2. The van der Waals surface area contributed by atoms with Crippen molar-refractivity contribution in [2.75, 3.05) is 11.1 Å². The van der Waals surface area contributed by atoms with Crippen molar-refractivity contribution in [3.63, 3.8) is 0 Å². The van der Waals surface area contributed by atoms with Gasteiger partial charge in [-0.3, -0.25) is 0 Å². The zero-order valence-electron chi connectivity index (χ0n) is 10.6.